The SMILES string of the molecule is O=Cc1cc(C(=O)NC2(c3ncccn3)CCOC2)ccc1B(O)O. The quantitative estimate of drug-likeness (QED) is 0.472. The zero-order chi connectivity index (χ0) is 17.9. The van der Waals surface area contributed by atoms with Crippen LogP contribution < -0.4 is 10.8 Å². The average Bonchev–Trinajstić information content (AvgIpc) is 3.11. The molecule has 3 rings (SSSR count). The summed E-state index contributed by atoms with van der Waals surface area (Å²) < 4.78 is 5.43. The summed E-state index contributed by atoms with van der Waals surface area (Å²) in [5.41, 5.74) is -0.546. The number of aldehydes is 1. The number of carbonyl (C=O) groups excluding carboxylic acids is 2. The van der Waals surface area contributed by atoms with Gasteiger partial charge in [-0.25, -0.2) is 9.97 Å². The Morgan fingerprint density at radius 3 is 2.68 bits per heavy atom. The van der Waals surface area contributed by atoms with E-state index in [0.29, 0.717) is 25.1 Å². The number of benzene rings is 1. The minimum atomic E-state index is -1.79. The maximum atomic E-state index is 12.7. The smallest absolute Gasteiger partial charge is 0.423 e. The van der Waals surface area contributed by atoms with Crippen molar-refractivity contribution in [2.45, 2.75) is 12.0 Å². The monoisotopic (exact) mass is 341 g/mol. The summed E-state index contributed by atoms with van der Waals surface area (Å²) in [4.78, 5) is 32.3. The molecule has 1 aromatic carbocycles. The van der Waals surface area contributed by atoms with Crippen LogP contribution in [0.3, 0.4) is 0 Å². The Hall–Kier alpha value is -2.62. The standard InChI is InChI=1S/C16H16BN3O5/c21-9-12-8-11(2-3-13(12)17(23)24)14(22)20-16(4-7-25-10-16)15-18-5-1-6-19-15/h1-3,5-6,8-9,23-24H,4,7,10H2,(H,20,22). The van der Waals surface area contributed by atoms with Gasteiger partial charge in [-0.15, -0.1) is 0 Å². The predicted octanol–water partition coefficient (Wildman–Crippen LogP) is -0.985. The van der Waals surface area contributed by atoms with Gasteiger partial charge in [-0.2, -0.15) is 0 Å². The van der Waals surface area contributed by atoms with E-state index >= 15 is 0 Å². The lowest BCUT2D eigenvalue weighted by molar-refractivity contribution is 0.0868. The van der Waals surface area contributed by atoms with Crippen molar-refractivity contribution in [3.05, 3.63) is 53.6 Å². The largest absolute Gasteiger partial charge is 0.489 e. The third kappa shape index (κ3) is 3.43. The average molecular weight is 341 g/mol. The highest BCUT2D eigenvalue weighted by atomic mass is 16.5. The normalized spacial score (nSPS) is 19.4. The van der Waals surface area contributed by atoms with E-state index in [0.717, 1.165) is 0 Å². The number of carbonyl (C=O) groups is 2. The van der Waals surface area contributed by atoms with Gasteiger partial charge in [0, 0.05) is 36.5 Å². The molecular formula is C16H16BN3O5. The molecule has 1 aliphatic heterocycles. The van der Waals surface area contributed by atoms with Crippen LogP contribution >= 0.6 is 0 Å². The van der Waals surface area contributed by atoms with Crippen LogP contribution in [0, 0.1) is 0 Å². The lowest BCUT2D eigenvalue weighted by atomic mass is 9.76. The molecule has 0 bridgehead atoms. The fourth-order valence-corrected chi connectivity index (χ4v) is 2.78. The first-order chi connectivity index (χ1) is 12.1. The van der Waals surface area contributed by atoms with Gasteiger partial charge >= 0.3 is 7.12 Å². The van der Waals surface area contributed by atoms with Gasteiger partial charge in [0.15, 0.2) is 5.82 Å². The zero-order valence-electron chi connectivity index (χ0n) is 13.3. The number of hydrogen-bond donors (Lipinski definition) is 3. The van der Waals surface area contributed by atoms with Crippen LogP contribution in [0.25, 0.3) is 0 Å². The zero-order valence-corrected chi connectivity index (χ0v) is 13.3. The fraction of sp³-hybridized carbons (Fsp3) is 0.250. The molecule has 0 spiro atoms. The summed E-state index contributed by atoms with van der Waals surface area (Å²) in [5.74, 6) is 0.0268. The number of nitrogens with zero attached hydrogens (tertiary/aromatic N) is 2. The van der Waals surface area contributed by atoms with Crippen LogP contribution in [-0.2, 0) is 10.3 Å². The second-order valence-electron chi connectivity index (χ2n) is 5.75. The van der Waals surface area contributed by atoms with Gasteiger partial charge in [0.05, 0.1) is 6.61 Å². The van der Waals surface area contributed by atoms with Gasteiger partial charge in [-0.05, 0) is 23.7 Å². The lowest BCUT2D eigenvalue weighted by Gasteiger charge is -2.27. The highest BCUT2D eigenvalue weighted by molar-refractivity contribution is 6.60. The molecular weight excluding hydrogens is 325 g/mol. The van der Waals surface area contributed by atoms with Crippen LogP contribution in [0.15, 0.2) is 36.7 Å². The molecule has 1 atom stereocenters. The second kappa shape index (κ2) is 7.10. The number of nitrogens with one attached hydrogen (secondary N) is 1. The maximum absolute atomic E-state index is 12.7. The first-order valence-corrected chi connectivity index (χ1v) is 7.69. The molecule has 1 aliphatic rings. The van der Waals surface area contributed by atoms with Crippen molar-refractivity contribution in [2.75, 3.05) is 13.2 Å². The van der Waals surface area contributed by atoms with Crippen molar-refractivity contribution < 1.29 is 24.4 Å². The number of amides is 1. The van der Waals surface area contributed by atoms with Crippen LogP contribution in [0.1, 0.15) is 33.0 Å². The van der Waals surface area contributed by atoms with Crippen molar-refractivity contribution in [1.82, 2.24) is 15.3 Å². The summed E-state index contributed by atoms with van der Waals surface area (Å²) >= 11 is 0. The van der Waals surface area contributed by atoms with E-state index in [1.54, 1.807) is 18.5 Å². The molecule has 2 heterocycles. The molecule has 1 aromatic heterocycles. The lowest BCUT2D eigenvalue weighted by Crippen LogP contribution is -2.47. The van der Waals surface area contributed by atoms with Crippen molar-refractivity contribution in [3.63, 3.8) is 0 Å². The Morgan fingerprint density at radius 1 is 1.32 bits per heavy atom. The summed E-state index contributed by atoms with van der Waals surface area (Å²) in [5, 5.41) is 21.4. The van der Waals surface area contributed by atoms with Crippen LogP contribution in [0.2, 0.25) is 0 Å². The van der Waals surface area contributed by atoms with Gasteiger partial charge in [-0.3, -0.25) is 9.59 Å². The summed E-state index contributed by atoms with van der Waals surface area (Å²) in [6.45, 7) is 0.713. The van der Waals surface area contributed by atoms with E-state index in [1.807, 2.05) is 0 Å². The van der Waals surface area contributed by atoms with Crippen molar-refractivity contribution >= 4 is 24.8 Å². The molecule has 1 amide bonds. The molecule has 0 aliphatic carbocycles. The molecule has 8 nitrogen and oxygen atoms in total. The minimum Gasteiger partial charge on any atom is -0.423 e. The molecule has 2 aromatic rings. The number of hydrogen-bond acceptors (Lipinski definition) is 7. The maximum Gasteiger partial charge on any atom is 0.489 e. The van der Waals surface area contributed by atoms with Crippen molar-refractivity contribution in [2.24, 2.45) is 0 Å². The minimum absolute atomic E-state index is 0.0373. The topological polar surface area (TPSA) is 122 Å². The summed E-state index contributed by atoms with van der Waals surface area (Å²) in [6, 6.07) is 5.75. The molecule has 3 N–H and O–H groups in total. The molecule has 9 heteroatoms. The van der Waals surface area contributed by atoms with E-state index in [2.05, 4.69) is 15.3 Å². The number of rotatable bonds is 5. The molecule has 0 saturated carbocycles. The van der Waals surface area contributed by atoms with E-state index in [-0.39, 0.29) is 23.2 Å². The highest BCUT2D eigenvalue weighted by Crippen LogP contribution is 2.28. The van der Waals surface area contributed by atoms with Gasteiger partial charge in [0.25, 0.3) is 5.91 Å². The molecule has 0 radical (unpaired) electrons. The van der Waals surface area contributed by atoms with Gasteiger partial charge in [0.2, 0.25) is 0 Å². The first-order valence-electron chi connectivity index (χ1n) is 7.69. The van der Waals surface area contributed by atoms with E-state index in [4.69, 9.17) is 4.74 Å². The van der Waals surface area contributed by atoms with Crippen LogP contribution in [0.5, 0.6) is 0 Å². The van der Waals surface area contributed by atoms with Gasteiger partial charge in [-0.1, -0.05) is 6.07 Å². The predicted molar refractivity (Wildman–Crippen MR) is 88.3 cm³/mol. The Balaban J connectivity index is 1.89. The third-order valence-electron chi connectivity index (χ3n) is 4.12. The molecule has 1 fully saturated rings. The Morgan fingerprint density at radius 2 is 2.08 bits per heavy atom. The Bertz CT molecular complexity index is 779. The molecule has 128 valence electrons. The fourth-order valence-electron chi connectivity index (χ4n) is 2.78. The Labute approximate surface area is 144 Å². The van der Waals surface area contributed by atoms with E-state index < -0.39 is 18.6 Å². The molecule has 1 unspecified atom stereocenters. The molecule has 1 saturated heterocycles. The third-order valence-corrected chi connectivity index (χ3v) is 4.12. The second-order valence-corrected chi connectivity index (χ2v) is 5.75. The summed E-state index contributed by atoms with van der Waals surface area (Å²) in [6.07, 6.45) is 4.18. The summed E-state index contributed by atoms with van der Waals surface area (Å²) in [7, 11) is -1.79. The molecule has 25 heavy (non-hydrogen) atoms. The number of ether oxygens (including phenoxy) is 1. The van der Waals surface area contributed by atoms with Crippen molar-refractivity contribution in [3.8, 4) is 0 Å². The van der Waals surface area contributed by atoms with Crippen LogP contribution in [0.4, 0.5) is 0 Å². The van der Waals surface area contributed by atoms with Gasteiger partial charge in [0.1, 0.15) is 11.8 Å². The first kappa shape index (κ1) is 17.2. The van der Waals surface area contributed by atoms with Crippen molar-refractivity contribution in [1.29, 1.82) is 0 Å². The highest BCUT2D eigenvalue weighted by Gasteiger charge is 2.41. The van der Waals surface area contributed by atoms with E-state index in [1.165, 1.54) is 18.2 Å². The van der Waals surface area contributed by atoms with Crippen LogP contribution in [-0.4, -0.2) is 52.5 Å². The number of aromatic nitrogens is 2. The van der Waals surface area contributed by atoms with E-state index in [9.17, 15) is 19.6 Å². The van der Waals surface area contributed by atoms with Gasteiger partial charge < -0.3 is 20.1 Å². The Kier molecular flexibility index (Phi) is 4.89.